The molecule has 0 aromatic heterocycles. The molecule has 2 bridgehead atoms. The Balaban J connectivity index is 2.32. The molecule has 0 N–H and O–H groups in total. The summed E-state index contributed by atoms with van der Waals surface area (Å²) >= 11 is 0. The molecule has 2 rings (SSSR count). The summed E-state index contributed by atoms with van der Waals surface area (Å²) in [7, 11) is 0. The molecule has 4 nitrogen and oxygen atoms in total. The number of rotatable bonds is 3. The van der Waals surface area contributed by atoms with Gasteiger partial charge < -0.3 is 9.47 Å². The molecule has 1 aromatic carbocycles. The van der Waals surface area contributed by atoms with E-state index in [0.717, 1.165) is 12.8 Å². The van der Waals surface area contributed by atoms with Crippen molar-refractivity contribution in [2.45, 2.75) is 38.9 Å². The van der Waals surface area contributed by atoms with Crippen molar-refractivity contribution >= 4 is 11.9 Å². The Kier molecular flexibility index (Phi) is 3.36. The second-order valence-corrected chi connectivity index (χ2v) is 4.60. The molecule has 1 aliphatic heterocycles. The van der Waals surface area contributed by atoms with Gasteiger partial charge in [0.2, 0.25) is 0 Å². The first-order chi connectivity index (χ1) is 8.54. The van der Waals surface area contributed by atoms with E-state index < -0.39 is 17.7 Å². The summed E-state index contributed by atoms with van der Waals surface area (Å²) in [5.74, 6) is -2.08. The summed E-state index contributed by atoms with van der Waals surface area (Å²) in [6.45, 7) is 3.66. The Morgan fingerprint density at radius 3 is 2.17 bits per heavy atom. The standard InChI is InChI=1S/C14H16O4/c1-3-4-8-14(2)17-12(15)10-6-5-7-11(9-10)13(16)18-14/h5-7,9H,3-4,8H2,1-2H3. The summed E-state index contributed by atoms with van der Waals surface area (Å²) in [5, 5.41) is 0. The van der Waals surface area contributed by atoms with E-state index in [-0.39, 0.29) is 0 Å². The van der Waals surface area contributed by atoms with Crippen LogP contribution in [0, 0.1) is 0 Å². The topological polar surface area (TPSA) is 52.6 Å². The van der Waals surface area contributed by atoms with Crippen LogP contribution in [0.3, 0.4) is 0 Å². The van der Waals surface area contributed by atoms with Crippen LogP contribution in [0.15, 0.2) is 24.3 Å². The molecular formula is C14H16O4. The highest BCUT2D eigenvalue weighted by molar-refractivity contribution is 5.96. The first kappa shape index (κ1) is 12.6. The van der Waals surface area contributed by atoms with Crippen molar-refractivity contribution in [3.05, 3.63) is 35.4 Å². The Morgan fingerprint density at radius 2 is 1.67 bits per heavy atom. The van der Waals surface area contributed by atoms with Crippen LogP contribution in [-0.4, -0.2) is 17.7 Å². The Morgan fingerprint density at radius 1 is 1.11 bits per heavy atom. The number of ether oxygens (including phenoxy) is 2. The molecule has 1 aliphatic rings. The number of carbonyl (C=O) groups is 2. The summed E-state index contributed by atoms with van der Waals surface area (Å²) < 4.78 is 10.6. The third-order valence-corrected chi connectivity index (χ3v) is 2.94. The van der Waals surface area contributed by atoms with Crippen LogP contribution >= 0.6 is 0 Å². The Hall–Kier alpha value is -1.84. The van der Waals surface area contributed by atoms with Gasteiger partial charge in [-0.25, -0.2) is 9.59 Å². The third kappa shape index (κ3) is 2.53. The number of esters is 2. The van der Waals surface area contributed by atoms with Gasteiger partial charge in [-0.3, -0.25) is 0 Å². The molecular weight excluding hydrogens is 232 g/mol. The molecule has 18 heavy (non-hydrogen) atoms. The van der Waals surface area contributed by atoms with Gasteiger partial charge in [-0.2, -0.15) is 0 Å². The van der Waals surface area contributed by atoms with E-state index >= 15 is 0 Å². The van der Waals surface area contributed by atoms with Crippen LogP contribution < -0.4 is 0 Å². The first-order valence-corrected chi connectivity index (χ1v) is 6.11. The fourth-order valence-corrected chi connectivity index (χ4v) is 1.90. The average molecular weight is 248 g/mol. The van der Waals surface area contributed by atoms with Crippen molar-refractivity contribution < 1.29 is 19.1 Å². The van der Waals surface area contributed by atoms with Gasteiger partial charge in [-0.15, -0.1) is 0 Å². The van der Waals surface area contributed by atoms with Crippen LogP contribution in [0.25, 0.3) is 0 Å². The second-order valence-electron chi connectivity index (χ2n) is 4.60. The highest BCUT2D eigenvalue weighted by Gasteiger charge is 2.35. The molecule has 0 fully saturated rings. The number of unbranched alkanes of at least 4 members (excludes halogenated alkanes) is 1. The van der Waals surface area contributed by atoms with Gasteiger partial charge in [0.15, 0.2) is 0 Å². The molecule has 0 aliphatic carbocycles. The maximum absolute atomic E-state index is 11.9. The van der Waals surface area contributed by atoms with Gasteiger partial charge in [-0.05, 0) is 24.6 Å². The van der Waals surface area contributed by atoms with Gasteiger partial charge in [0.25, 0.3) is 5.79 Å². The lowest BCUT2D eigenvalue weighted by molar-refractivity contribution is -0.161. The maximum Gasteiger partial charge on any atom is 0.341 e. The van der Waals surface area contributed by atoms with Gasteiger partial charge in [-0.1, -0.05) is 19.4 Å². The smallest absolute Gasteiger partial charge is 0.341 e. The van der Waals surface area contributed by atoms with Crippen LogP contribution in [0.4, 0.5) is 0 Å². The minimum Gasteiger partial charge on any atom is -0.419 e. The number of hydrogen-bond donors (Lipinski definition) is 0. The Labute approximate surface area is 106 Å². The fourth-order valence-electron chi connectivity index (χ4n) is 1.90. The average Bonchev–Trinajstić information content (AvgIpc) is 2.35. The zero-order valence-electron chi connectivity index (χ0n) is 10.6. The van der Waals surface area contributed by atoms with Gasteiger partial charge in [0.05, 0.1) is 11.1 Å². The minimum atomic E-state index is -1.17. The highest BCUT2D eigenvalue weighted by Crippen LogP contribution is 2.26. The summed E-state index contributed by atoms with van der Waals surface area (Å²) in [5.41, 5.74) is 0.763. The van der Waals surface area contributed by atoms with Crippen LogP contribution in [0.1, 0.15) is 53.8 Å². The third-order valence-electron chi connectivity index (χ3n) is 2.94. The molecule has 0 amide bonds. The second kappa shape index (κ2) is 4.80. The van der Waals surface area contributed by atoms with Crippen molar-refractivity contribution in [2.24, 2.45) is 0 Å². The minimum absolute atomic E-state index is 0.381. The maximum atomic E-state index is 11.9. The number of cyclic esters (lactones) is 2. The molecule has 0 saturated heterocycles. The van der Waals surface area contributed by atoms with Gasteiger partial charge in [0.1, 0.15) is 0 Å². The van der Waals surface area contributed by atoms with E-state index in [4.69, 9.17) is 9.47 Å². The van der Waals surface area contributed by atoms with Gasteiger partial charge in [0, 0.05) is 13.3 Å². The van der Waals surface area contributed by atoms with Crippen LogP contribution in [0.2, 0.25) is 0 Å². The predicted molar refractivity (Wildman–Crippen MR) is 65.2 cm³/mol. The number of fused-ring (bicyclic) bond motifs is 2. The van der Waals surface area contributed by atoms with E-state index in [2.05, 4.69) is 0 Å². The first-order valence-electron chi connectivity index (χ1n) is 6.11. The molecule has 0 spiro atoms. The lowest BCUT2D eigenvalue weighted by Gasteiger charge is -2.30. The van der Waals surface area contributed by atoms with Crippen molar-refractivity contribution in [3.63, 3.8) is 0 Å². The predicted octanol–water partition coefficient (Wildman–Crippen LogP) is 2.92. The molecule has 96 valence electrons. The van der Waals surface area contributed by atoms with E-state index in [9.17, 15) is 9.59 Å². The highest BCUT2D eigenvalue weighted by atomic mass is 16.7. The number of hydrogen-bond acceptors (Lipinski definition) is 4. The SMILES string of the molecule is CCCCC1(C)OC(=O)c2cccc(c2)C(=O)O1. The van der Waals surface area contributed by atoms with E-state index in [1.807, 2.05) is 6.92 Å². The number of benzene rings is 1. The quantitative estimate of drug-likeness (QED) is 0.772. The van der Waals surface area contributed by atoms with Crippen molar-refractivity contribution in [1.82, 2.24) is 0 Å². The summed E-state index contributed by atoms with van der Waals surface area (Å²) in [6.07, 6.45) is 2.27. The van der Waals surface area contributed by atoms with E-state index in [0.29, 0.717) is 17.5 Å². The van der Waals surface area contributed by atoms with Crippen molar-refractivity contribution in [1.29, 1.82) is 0 Å². The molecule has 4 heteroatoms. The van der Waals surface area contributed by atoms with Crippen molar-refractivity contribution in [2.75, 3.05) is 0 Å². The molecule has 0 radical (unpaired) electrons. The molecule has 0 atom stereocenters. The van der Waals surface area contributed by atoms with Crippen LogP contribution in [0.5, 0.6) is 0 Å². The summed E-state index contributed by atoms with van der Waals surface area (Å²) in [4.78, 5) is 23.8. The monoisotopic (exact) mass is 248 g/mol. The zero-order chi connectivity index (χ0) is 13.2. The zero-order valence-corrected chi connectivity index (χ0v) is 10.6. The van der Waals surface area contributed by atoms with Gasteiger partial charge >= 0.3 is 11.9 Å². The summed E-state index contributed by atoms with van der Waals surface area (Å²) in [6, 6.07) is 6.39. The van der Waals surface area contributed by atoms with Crippen LogP contribution in [-0.2, 0) is 9.47 Å². The van der Waals surface area contributed by atoms with E-state index in [1.54, 1.807) is 25.1 Å². The fraction of sp³-hybridized carbons (Fsp3) is 0.429. The normalized spacial score (nSPS) is 17.4. The van der Waals surface area contributed by atoms with Crippen molar-refractivity contribution in [3.8, 4) is 0 Å². The lowest BCUT2D eigenvalue weighted by Crippen LogP contribution is -2.38. The molecule has 0 saturated carbocycles. The lowest BCUT2D eigenvalue weighted by atomic mass is 10.1. The van der Waals surface area contributed by atoms with E-state index in [1.165, 1.54) is 6.07 Å². The largest absolute Gasteiger partial charge is 0.419 e. The number of carbonyl (C=O) groups excluding carboxylic acids is 2. The Bertz CT molecular complexity index is 445. The molecule has 1 aromatic rings. The molecule has 0 unspecified atom stereocenters. The molecule has 1 heterocycles.